The van der Waals surface area contributed by atoms with Crippen LogP contribution in [0.5, 0.6) is 5.75 Å². The highest BCUT2D eigenvalue weighted by Crippen LogP contribution is 2.34. The first-order chi connectivity index (χ1) is 14.2. The fourth-order valence-electron chi connectivity index (χ4n) is 4.20. The van der Waals surface area contributed by atoms with Gasteiger partial charge in [0.2, 0.25) is 5.91 Å². The molecule has 1 saturated carbocycles. The molecule has 29 heavy (non-hydrogen) atoms. The summed E-state index contributed by atoms with van der Waals surface area (Å²) in [4.78, 5) is 22.6. The Kier molecular flexibility index (Phi) is 7.00. The molecule has 1 aromatic heterocycles. The molecule has 2 aliphatic rings. The van der Waals surface area contributed by atoms with E-state index in [1.165, 1.54) is 6.42 Å². The lowest BCUT2D eigenvalue weighted by molar-refractivity contribution is -0.123. The molecule has 4 rings (SSSR count). The van der Waals surface area contributed by atoms with E-state index in [0.717, 1.165) is 79.6 Å². The molecule has 2 fully saturated rings. The topological polar surface area (TPSA) is 54.9 Å². The third-order valence-electron chi connectivity index (χ3n) is 5.85. The molecule has 0 unspecified atom stereocenters. The molecule has 1 aliphatic heterocycles. The first-order valence-corrected chi connectivity index (χ1v) is 11.7. The van der Waals surface area contributed by atoms with Gasteiger partial charge in [-0.1, -0.05) is 30.6 Å². The van der Waals surface area contributed by atoms with Crippen LogP contribution in [0.2, 0.25) is 0 Å². The summed E-state index contributed by atoms with van der Waals surface area (Å²) in [5, 5.41) is 0.817. The molecule has 0 spiro atoms. The number of thiazole rings is 1. The molecule has 2 heterocycles. The molecule has 158 valence electrons. The number of morpholine rings is 1. The SMILES string of the molecule is CCOc1ccc2nc(N(CCN3CCOCC3)C(=O)C3CCCCC3)sc2c1. The van der Waals surface area contributed by atoms with Crippen molar-refractivity contribution in [2.75, 3.05) is 50.9 Å². The number of ether oxygens (including phenoxy) is 2. The fourth-order valence-corrected chi connectivity index (χ4v) is 5.23. The zero-order valence-electron chi connectivity index (χ0n) is 17.3. The van der Waals surface area contributed by atoms with Gasteiger partial charge >= 0.3 is 0 Å². The molecular formula is C22H31N3O3S. The number of aromatic nitrogens is 1. The smallest absolute Gasteiger partial charge is 0.231 e. The van der Waals surface area contributed by atoms with Crippen molar-refractivity contribution < 1.29 is 14.3 Å². The molecule has 1 amide bonds. The van der Waals surface area contributed by atoms with Gasteiger partial charge in [-0.05, 0) is 38.0 Å². The summed E-state index contributed by atoms with van der Waals surface area (Å²) in [6, 6.07) is 5.98. The molecule has 2 aromatic rings. The second kappa shape index (κ2) is 9.87. The number of carbonyl (C=O) groups excluding carboxylic acids is 1. The number of amides is 1. The van der Waals surface area contributed by atoms with E-state index in [0.29, 0.717) is 13.2 Å². The molecule has 6 nitrogen and oxygen atoms in total. The van der Waals surface area contributed by atoms with Crippen LogP contribution in [-0.4, -0.2) is 61.8 Å². The fraction of sp³-hybridized carbons (Fsp3) is 0.636. The summed E-state index contributed by atoms with van der Waals surface area (Å²) >= 11 is 1.60. The number of benzene rings is 1. The van der Waals surface area contributed by atoms with E-state index in [-0.39, 0.29) is 11.8 Å². The summed E-state index contributed by atoms with van der Waals surface area (Å²) in [6.45, 7) is 7.60. The van der Waals surface area contributed by atoms with Gasteiger partial charge in [-0.2, -0.15) is 0 Å². The third kappa shape index (κ3) is 5.08. The number of hydrogen-bond acceptors (Lipinski definition) is 6. The monoisotopic (exact) mass is 417 g/mol. The Morgan fingerprint density at radius 1 is 1.28 bits per heavy atom. The minimum Gasteiger partial charge on any atom is -0.494 e. The maximum absolute atomic E-state index is 13.4. The third-order valence-corrected chi connectivity index (χ3v) is 6.90. The van der Waals surface area contributed by atoms with Crippen LogP contribution in [0.4, 0.5) is 5.13 Å². The summed E-state index contributed by atoms with van der Waals surface area (Å²) in [7, 11) is 0. The summed E-state index contributed by atoms with van der Waals surface area (Å²) < 4.78 is 12.2. The molecule has 1 aliphatic carbocycles. The van der Waals surface area contributed by atoms with Gasteiger partial charge in [-0.3, -0.25) is 14.6 Å². The van der Waals surface area contributed by atoms with Crippen LogP contribution in [0.1, 0.15) is 39.0 Å². The summed E-state index contributed by atoms with van der Waals surface area (Å²) in [5.74, 6) is 1.25. The van der Waals surface area contributed by atoms with E-state index in [1.807, 2.05) is 30.0 Å². The number of anilines is 1. The number of fused-ring (bicyclic) bond motifs is 1. The predicted molar refractivity (Wildman–Crippen MR) is 117 cm³/mol. The summed E-state index contributed by atoms with van der Waals surface area (Å²) in [5.41, 5.74) is 0.932. The van der Waals surface area contributed by atoms with Crippen molar-refractivity contribution in [2.45, 2.75) is 39.0 Å². The average molecular weight is 418 g/mol. The molecular weight excluding hydrogens is 386 g/mol. The Labute approximate surface area is 176 Å². The number of nitrogens with zero attached hydrogens (tertiary/aromatic N) is 3. The normalized spacial score (nSPS) is 18.8. The van der Waals surface area contributed by atoms with E-state index in [2.05, 4.69) is 4.90 Å². The van der Waals surface area contributed by atoms with E-state index in [9.17, 15) is 4.79 Å². The average Bonchev–Trinajstić information content (AvgIpc) is 3.18. The van der Waals surface area contributed by atoms with Crippen LogP contribution >= 0.6 is 11.3 Å². The number of hydrogen-bond donors (Lipinski definition) is 0. The Hall–Kier alpha value is -1.70. The zero-order valence-corrected chi connectivity index (χ0v) is 18.1. The maximum atomic E-state index is 13.4. The van der Waals surface area contributed by atoms with Gasteiger partial charge in [0.05, 0.1) is 30.0 Å². The second-order valence-electron chi connectivity index (χ2n) is 7.84. The zero-order chi connectivity index (χ0) is 20.1. The molecule has 1 saturated heterocycles. The molecule has 0 bridgehead atoms. The van der Waals surface area contributed by atoms with Crippen molar-refractivity contribution in [3.8, 4) is 5.75 Å². The van der Waals surface area contributed by atoms with Gasteiger partial charge in [0.25, 0.3) is 0 Å². The van der Waals surface area contributed by atoms with Crippen molar-refractivity contribution in [1.29, 1.82) is 0 Å². The van der Waals surface area contributed by atoms with Crippen molar-refractivity contribution in [2.24, 2.45) is 5.92 Å². The van der Waals surface area contributed by atoms with Crippen molar-refractivity contribution in [3.05, 3.63) is 18.2 Å². The Morgan fingerprint density at radius 2 is 2.07 bits per heavy atom. The first kappa shape index (κ1) is 20.6. The minimum atomic E-state index is 0.138. The molecule has 1 aromatic carbocycles. The summed E-state index contributed by atoms with van der Waals surface area (Å²) in [6.07, 6.45) is 5.58. The van der Waals surface area contributed by atoms with E-state index < -0.39 is 0 Å². The first-order valence-electron chi connectivity index (χ1n) is 10.9. The van der Waals surface area contributed by atoms with E-state index in [1.54, 1.807) is 11.3 Å². The lowest BCUT2D eigenvalue weighted by atomic mass is 9.88. The highest BCUT2D eigenvalue weighted by Gasteiger charge is 2.29. The van der Waals surface area contributed by atoms with Gasteiger partial charge in [0, 0.05) is 32.1 Å². The largest absolute Gasteiger partial charge is 0.494 e. The molecule has 0 radical (unpaired) electrons. The van der Waals surface area contributed by atoms with Gasteiger partial charge in [0.1, 0.15) is 5.75 Å². The quantitative estimate of drug-likeness (QED) is 0.683. The standard InChI is InChI=1S/C22H31N3O3S/c1-2-28-18-8-9-19-20(16-18)29-22(23-19)25(11-10-24-12-14-27-15-13-24)21(26)17-6-4-3-5-7-17/h8-9,16-17H,2-7,10-15H2,1H3. The van der Waals surface area contributed by atoms with Crippen LogP contribution < -0.4 is 9.64 Å². The highest BCUT2D eigenvalue weighted by molar-refractivity contribution is 7.22. The van der Waals surface area contributed by atoms with Gasteiger partial charge < -0.3 is 9.47 Å². The van der Waals surface area contributed by atoms with Crippen molar-refractivity contribution in [1.82, 2.24) is 9.88 Å². The van der Waals surface area contributed by atoms with Gasteiger partial charge in [-0.15, -0.1) is 0 Å². The molecule has 0 atom stereocenters. The predicted octanol–water partition coefficient (Wildman–Crippen LogP) is 3.94. The number of carbonyl (C=O) groups is 1. The molecule has 7 heteroatoms. The second-order valence-corrected chi connectivity index (χ2v) is 8.85. The van der Waals surface area contributed by atoms with Crippen molar-refractivity contribution in [3.63, 3.8) is 0 Å². The van der Waals surface area contributed by atoms with Crippen LogP contribution in [-0.2, 0) is 9.53 Å². The van der Waals surface area contributed by atoms with Crippen LogP contribution in [0.25, 0.3) is 10.2 Å². The van der Waals surface area contributed by atoms with Gasteiger partial charge in [-0.25, -0.2) is 4.98 Å². The molecule has 0 N–H and O–H groups in total. The van der Waals surface area contributed by atoms with Crippen LogP contribution in [0.15, 0.2) is 18.2 Å². The van der Waals surface area contributed by atoms with E-state index in [4.69, 9.17) is 14.5 Å². The Morgan fingerprint density at radius 3 is 2.83 bits per heavy atom. The number of rotatable bonds is 7. The minimum absolute atomic E-state index is 0.138. The van der Waals surface area contributed by atoms with Crippen LogP contribution in [0.3, 0.4) is 0 Å². The Bertz CT molecular complexity index is 813. The van der Waals surface area contributed by atoms with E-state index >= 15 is 0 Å². The Balaban J connectivity index is 1.55. The highest BCUT2D eigenvalue weighted by atomic mass is 32.1. The maximum Gasteiger partial charge on any atom is 0.231 e. The lowest BCUT2D eigenvalue weighted by Crippen LogP contribution is -2.45. The van der Waals surface area contributed by atoms with Gasteiger partial charge in [0.15, 0.2) is 5.13 Å². The van der Waals surface area contributed by atoms with Crippen molar-refractivity contribution >= 4 is 32.6 Å². The lowest BCUT2D eigenvalue weighted by Gasteiger charge is -2.31. The van der Waals surface area contributed by atoms with Crippen LogP contribution in [0, 0.1) is 5.92 Å².